The van der Waals surface area contributed by atoms with Crippen molar-refractivity contribution in [3.63, 3.8) is 0 Å². The maximum atomic E-state index is 12.8. The van der Waals surface area contributed by atoms with Gasteiger partial charge < -0.3 is 21.1 Å². The van der Waals surface area contributed by atoms with Gasteiger partial charge in [0, 0.05) is 24.6 Å². The highest BCUT2D eigenvalue weighted by Crippen LogP contribution is 2.35. The van der Waals surface area contributed by atoms with Crippen molar-refractivity contribution in [2.24, 2.45) is 5.73 Å². The van der Waals surface area contributed by atoms with E-state index in [2.05, 4.69) is 23.2 Å². The number of carbonyl (C=O) groups is 2. The van der Waals surface area contributed by atoms with Gasteiger partial charge in [-0.3, -0.25) is 4.79 Å². The molecule has 4 N–H and O–H groups in total. The number of likely N-dealkylation sites (tertiary alicyclic amines) is 1. The molecule has 2 heterocycles. The van der Waals surface area contributed by atoms with Crippen LogP contribution in [0.4, 0.5) is 10.6 Å². The second-order valence-corrected chi connectivity index (χ2v) is 10.6. The van der Waals surface area contributed by atoms with Crippen molar-refractivity contribution >= 4 is 17.8 Å². The first-order chi connectivity index (χ1) is 17.6. The molecule has 37 heavy (non-hydrogen) atoms. The van der Waals surface area contributed by atoms with E-state index in [0.29, 0.717) is 18.8 Å². The number of rotatable bonds is 6. The lowest BCUT2D eigenvalue weighted by atomic mass is 9.86. The fourth-order valence-corrected chi connectivity index (χ4v) is 4.95. The van der Waals surface area contributed by atoms with Gasteiger partial charge in [-0.1, -0.05) is 54.6 Å². The molecule has 3 aromatic rings. The van der Waals surface area contributed by atoms with Gasteiger partial charge in [-0.05, 0) is 69.2 Å². The van der Waals surface area contributed by atoms with Crippen LogP contribution in [0.25, 0.3) is 11.3 Å². The molecule has 4 rings (SSSR count). The third-order valence-electron chi connectivity index (χ3n) is 6.66. The average molecular weight is 501 g/mol. The molecule has 1 fully saturated rings. The molecule has 194 valence electrons. The normalized spacial score (nSPS) is 15.9. The number of benzene rings is 2. The topological polar surface area (TPSA) is 112 Å². The molecule has 0 radical (unpaired) electrons. The number of aryl methyl sites for hydroxylation is 2. The Balaban J connectivity index is 1.67. The van der Waals surface area contributed by atoms with Crippen LogP contribution in [0.3, 0.4) is 0 Å². The third-order valence-corrected chi connectivity index (χ3v) is 6.66. The predicted octanol–water partition coefficient (Wildman–Crippen LogP) is 5.33. The van der Waals surface area contributed by atoms with Crippen LogP contribution >= 0.6 is 0 Å². The second kappa shape index (κ2) is 11.0. The first kappa shape index (κ1) is 26.2. The Morgan fingerprint density at radius 1 is 1.05 bits per heavy atom. The van der Waals surface area contributed by atoms with Crippen LogP contribution in [0.15, 0.2) is 60.7 Å². The van der Waals surface area contributed by atoms with Crippen LogP contribution in [0.1, 0.15) is 66.6 Å². The average Bonchev–Trinajstić information content (AvgIpc) is 2.86. The van der Waals surface area contributed by atoms with Crippen molar-refractivity contribution in [2.45, 2.75) is 58.0 Å². The quantitative estimate of drug-likeness (QED) is 0.475. The highest BCUT2D eigenvalue weighted by molar-refractivity contribution is 5.99. The molecule has 2 amide bonds. The summed E-state index contributed by atoms with van der Waals surface area (Å²) >= 11 is 0. The molecule has 0 bridgehead atoms. The lowest BCUT2D eigenvalue weighted by molar-refractivity contribution is 0.0198. The van der Waals surface area contributed by atoms with E-state index in [1.54, 1.807) is 4.90 Å². The van der Waals surface area contributed by atoms with Gasteiger partial charge in [0.1, 0.15) is 11.4 Å². The van der Waals surface area contributed by atoms with Crippen molar-refractivity contribution in [3.8, 4) is 11.3 Å². The van der Waals surface area contributed by atoms with Crippen molar-refractivity contribution in [2.75, 3.05) is 18.8 Å². The molecule has 1 aliphatic rings. The van der Waals surface area contributed by atoms with Crippen LogP contribution in [-0.4, -0.2) is 40.6 Å². The molecule has 0 spiro atoms. The number of carbonyl (C=O) groups excluding carboxylic acids is 2. The smallest absolute Gasteiger partial charge is 0.410 e. The number of ether oxygens (including phenoxy) is 1. The van der Waals surface area contributed by atoms with Gasteiger partial charge in [0.2, 0.25) is 0 Å². The summed E-state index contributed by atoms with van der Waals surface area (Å²) in [6.45, 7) is 6.58. The van der Waals surface area contributed by atoms with E-state index in [4.69, 9.17) is 16.2 Å². The molecular weight excluding hydrogens is 464 g/mol. The molecule has 7 heteroatoms. The number of amides is 2. The summed E-state index contributed by atoms with van der Waals surface area (Å²) in [4.78, 5) is 31.5. The fourth-order valence-electron chi connectivity index (χ4n) is 4.95. The molecule has 0 aliphatic carbocycles. The number of nitrogen functional groups attached to an aromatic ring is 1. The lowest BCUT2D eigenvalue weighted by Crippen LogP contribution is -2.42. The Morgan fingerprint density at radius 2 is 1.76 bits per heavy atom. The zero-order valence-electron chi connectivity index (χ0n) is 21.9. The van der Waals surface area contributed by atoms with Crippen LogP contribution in [0.5, 0.6) is 0 Å². The largest absolute Gasteiger partial charge is 0.444 e. The molecule has 1 atom stereocenters. The number of hydrogen-bond donors (Lipinski definition) is 2. The molecule has 0 saturated carbocycles. The van der Waals surface area contributed by atoms with Gasteiger partial charge in [0.05, 0.1) is 11.3 Å². The van der Waals surface area contributed by atoms with Crippen molar-refractivity contribution in [3.05, 3.63) is 82.9 Å². The Hall–Kier alpha value is -3.87. The van der Waals surface area contributed by atoms with Crippen molar-refractivity contribution in [1.82, 2.24) is 9.88 Å². The maximum absolute atomic E-state index is 12.8. The lowest BCUT2D eigenvalue weighted by Gasteiger charge is -2.35. The van der Waals surface area contributed by atoms with E-state index in [-0.39, 0.29) is 23.4 Å². The number of aromatic nitrogens is 1. The van der Waals surface area contributed by atoms with E-state index >= 15 is 0 Å². The zero-order chi connectivity index (χ0) is 26.6. The molecule has 2 aromatic carbocycles. The summed E-state index contributed by atoms with van der Waals surface area (Å²) in [5.41, 5.74) is 16.6. The van der Waals surface area contributed by atoms with Crippen LogP contribution < -0.4 is 11.5 Å². The fraction of sp³-hybridized carbons (Fsp3) is 0.367. The number of hydrogen-bond acceptors (Lipinski definition) is 5. The Bertz CT molecular complexity index is 1270. The van der Waals surface area contributed by atoms with Crippen molar-refractivity contribution < 1.29 is 14.3 Å². The Labute approximate surface area is 218 Å². The monoisotopic (exact) mass is 500 g/mol. The van der Waals surface area contributed by atoms with Gasteiger partial charge in [-0.2, -0.15) is 0 Å². The number of anilines is 1. The van der Waals surface area contributed by atoms with Crippen LogP contribution in [-0.2, 0) is 17.6 Å². The SMILES string of the molecule is CC(C)(C)OC(=O)N1CCCC(c2cc(-c3ccccc3CCc3ccccc3)nc(N)c2C(N)=O)C1. The van der Waals surface area contributed by atoms with Crippen LogP contribution in [0, 0.1) is 0 Å². The summed E-state index contributed by atoms with van der Waals surface area (Å²) in [6, 6.07) is 20.4. The highest BCUT2D eigenvalue weighted by Gasteiger charge is 2.31. The molecule has 1 saturated heterocycles. The van der Waals surface area contributed by atoms with Gasteiger partial charge in [0.25, 0.3) is 5.91 Å². The number of nitrogens with zero attached hydrogens (tertiary/aromatic N) is 2. The van der Waals surface area contributed by atoms with Gasteiger partial charge in [-0.25, -0.2) is 9.78 Å². The number of nitrogens with two attached hydrogens (primary N) is 2. The van der Waals surface area contributed by atoms with Gasteiger partial charge >= 0.3 is 6.09 Å². The predicted molar refractivity (Wildman–Crippen MR) is 146 cm³/mol. The molecule has 1 unspecified atom stereocenters. The minimum absolute atomic E-state index is 0.107. The zero-order valence-corrected chi connectivity index (χ0v) is 21.9. The third kappa shape index (κ3) is 6.47. The Kier molecular flexibility index (Phi) is 7.81. The second-order valence-electron chi connectivity index (χ2n) is 10.6. The van der Waals surface area contributed by atoms with E-state index in [1.807, 2.05) is 63.2 Å². The first-order valence-electron chi connectivity index (χ1n) is 12.8. The summed E-state index contributed by atoms with van der Waals surface area (Å²) < 4.78 is 5.59. The number of primary amides is 1. The standard InChI is InChI=1S/C30H36N4O3/c1-30(2,3)37-29(36)34-17-9-13-22(19-34)24-18-25(33-27(31)26(24)28(32)35)23-14-8-7-12-21(23)16-15-20-10-5-4-6-11-20/h4-8,10-12,14,18,22H,9,13,15-17,19H2,1-3H3,(H2,31,33)(H2,32,35). The molecule has 1 aromatic heterocycles. The summed E-state index contributed by atoms with van der Waals surface area (Å²) in [6.07, 6.45) is 2.97. The summed E-state index contributed by atoms with van der Waals surface area (Å²) in [7, 11) is 0. The minimum atomic E-state index is -0.613. The van der Waals surface area contributed by atoms with E-state index in [9.17, 15) is 9.59 Å². The molecule has 1 aliphatic heterocycles. The summed E-state index contributed by atoms with van der Waals surface area (Å²) in [5, 5.41) is 0. The maximum Gasteiger partial charge on any atom is 0.410 e. The summed E-state index contributed by atoms with van der Waals surface area (Å²) in [5.74, 6) is -0.602. The number of piperidine rings is 1. The minimum Gasteiger partial charge on any atom is -0.444 e. The van der Waals surface area contributed by atoms with E-state index < -0.39 is 11.5 Å². The highest BCUT2D eigenvalue weighted by atomic mass is 16.6. The number of pyridine rings is 1. The first-order valence-corrected chi connectivity index (χ1v) is 12.8. The van der Waals surface area contributed by atoms with Crippen molar-refractivity contribution in [1.29, 1.82) is 0 Å². The van der Waals surface area contributed by atoms with E-state index in [1.165, 1.54) is 5.56 Å². The van der Waals surface area contributed by atoms with E-state index in [0.717, 1.165) is 42.4 Å². The van der Waals surface area contributed by atoms with Crippen LogP contribution in [0.2, 0.25) is 0 Å². The van der Waals surface area contributed by atoms with Gasteiger partial charge in [0.15, 0.2) is 0 Å². The van der Waals surface area contributed by atoms with Gasteiger partial charge in [-0.15, -0.1) is 0 Å². The Morgan fingerprint density at radius 3 is 2.46 bits per heavy atom. The molecule has 7 nitrogen and oxygen atoms in total. The molecular formula is C30H36N4O3.